The van der Waals surface area contributed by atoms with Gasteiger partial charge >= 0.3 is 0 Å². The van der Waals surface area contributed by atoms with E-state index in [1.807, 2.05) is 11.8 Å². The van der Waals surface area contributed by atoms with Crippen LogP contribution >= 0.6 is 0 Å². The fraction of sp³-hybridized carbons (Fsp3) is 0.800. The first-order chi connectivity index (χ1) is 7.63. The van der Waals surface area contributed by atoms with Gasteiger partial charge in [-0.05, 0) is 13.0 Å². The molecule has 0 fully saturated rings. The van der Waals surface area contributed by atoms with Crippen molar-refractivity contribution in [3.05, 3.63) is 0 Å². The van der Waals surface area contributed by atoms with Gasteiger partial charge in [-0.25, -0.2) is 0 Å². The topological polar surface area (TPSA) is 87.5 Å². The number of carbonyl (C=O) groups excluding carboxylic acids is 2. The fourth-order valence-electron chi connectivity index (χ4n) is 1.28. The highest BCUT2D eigenvalue weighted by Crippen LogP contribution is 1.91. The molecule has 0 aromatic rings. The van der Waals surface area contributed by atoms with Crippen molar-refractivity contribution >= 4 is 11.8 Å². The number of carbonyl (C=O) groups is 2. The van der Waals surface area contributed by atoms with Crippen molar-refractivity contribution in [3.8, 4) is 0 Å². The van der Waals surface area contributed by atoms with Crippen LogP contribution in [0.5, 0.6) is 0 Å². The van der Waals surface area contributed by atoms with Gasteiger partial charge in [0, 0.05) is 20.1 Å². The first kappa shape index (κ1) is 14.9. The van der Waals surface area contributed by atoms with Crippen LogP contribution in [0.3, 0.4) is 0 Å². The molecule has 16 heavy (non-hydrogen) atoms. The molecule has 0 spiro atoms. The van der Waals surface area contributed by atoms with E-state index in [0.29, 0.717) is 13.1 Å². The summed E-state index contributed by atoms with van der Waals surface area (Å²) >= 11 is 0. The maximum Gasteiger partial charge on any atom is 0.234 e. The second kappa shape index (κ2) is 9.11. The minimum Gasteiger partial charge on any atom is -0.358 e. The summed E-state index contributed by atoms with van der Waals surface area (Å²) in [5.41, 5.74) is 5.28. The van der Waals surface area contributed by atoms with E-state index < -0.39 is 0 Å². The minimum absolute atomic E-state index is 0.0833. The normalized spacial score (nSPS) is 10.2. The Morgan fingerprint density at radius 2 is 1.88 bits per heavy atom. The third-order valence-corrected chi connectivity index (χ3v) is 2.02. The fourth-order valence-corrected chi connectivity index (χ4v) is 1.28. The van der Waals surface area contributed by atoms with E-state index >= 15 is 0 Å². The molecule has 0 aromatic carbocycles. The molecular weight excluding hydrogens is 208 g/mol. The van der Waals surface area contributed by atoms with Crippen LogP contribution in [0.2, 0.25) is 0 Å². The zero-order valence-electron chi connectivity index (χ0n) is 10.1. The van der Waals surface area contributed by atoms with Crippen LogP contribution in [0.15, 0.2) is 0 Å². The van der Waals surface area contributed by atoms with E-state index in [0.717, 1.165) is 13.0 Å². The molecule has 0 rings (SSSR count). The van der Waals surface area contributed by atoms with Gasteiger partial charge in [-0.2, -0.15) is 0 Å². The van der Waals surface area contributed by atoms with E-state index in [-0.39, 0.29) is 24.9 Å². The summed E-state index contributed by atoms with van der Waals surface area (Å²) in [5, 5.41) is 5.21. The van der Waals surface area contributed by atoms with E-state index in [4.69, 9.17) is 5.73 Å². The highest BCUT2D eigenvalue weighted by molar-refractivity contribution is 5.80. The summed E-state index contributed by atoms with van der Waals surface area (Å²) in [6.07, 6.45) is 0.904. The van der Waals surface area contributed by atoms with Crippen molar-refractivity contribution in [2.45, 2.75) is 13.3 Å². The molecule has 0 bridgehead atoms. The van der Waals surface area contributed by atoms with Gasteiger partial charge in [0.05, 0.1) is 13.1 Å². The number of nitrogens with two attached hydrogens (primary N) is 1. The van der Waals surface area contributed by atoms with Crippen LogP contribution in [-0.2, 0) is 9.59 Å². The molecular formula is C10H22N4O2. The summed E-state index contributed by atoms with van der Waals surface area (Å²) in [6, 6.07) is 0. The maximum atomic E-state index is 11.4. The summed E-state index contributed by atoms with van der Waals surface area (Å²) in [5.74, 6) is -0.178. The van der Waals surface area contributed by atoms with Crippen LogP contribution < -0.4 is 16.4 Å². The predicted octanol–water partition coefficient (Wildman–Crippen LogP) is -1.48. The molecule has 0 atom stereocenters. The maximum absolute atomic E-state index is 11.4. The smallest absolute Gasteiger partial charge is 0.234 e. The highest BCUT2D eigenvalue weighted by atomic mass is 16.2. The summed E-state index contributed by atoms with van der Waals surface area (Å²) < 4.78 is 0. The molecule has 0 unspecified atom stereocenters. The van der Waals surface area contributed by atoms with Gasteiger partial charge < -0.3 is 16.4 Å². The monoisotopic (exact) mass is 230 g/mol. The lowest BCUT2D eigenvalue weighted by molar-refractivity contribution is -0.124. The van der Waals surface area contributed by atoms with Gasteiger partial charge in [0.2, 0.25) is 11.8 Å². The van der Waals surface area contributed by atoms with Gasteiger partial charge in [0.25, 0.3) is 0 Å². The Bertz CT molecular complexity index is 221. The lowest BCUT2D eigenvalue weighted by Gasteiger charge is -2.19. The Morgan fingerprint density at radius 1 is 1.25 bits per heavy atom. The average molecular weight is 230 g/mol. The summed E-state index contributed by atoms with van der Waals surface area (Å²) in [4.78, 5) is 24.4. The number of nitrogens with one attached hydrogen (secondary N) is 2. The number of likely N-dealkylation sites (N-methyl/N-ethyl adjacent to an activating group) is 1. The van der Waals surface area contributed by atoms with E-state index in [1.165, 1.54) is 0 Å². The van der Waals surface area contributed by atoms with E-state index in [9.17, 15) is 9.59 Å². The Morgan fingerprint density at radius 3 is 2.38 bits per heavy atom. The summed E-state index contributed by atoms with van der Waals surface area (Å²) in [7, 11) is 1.58. The molecule has 0 radical (unpaired) electrons. The number of amides is 2. The number of hydrogen-bond acceptors (Lipinski definition) is 4. The molecule has 6 nitrogen and oxygen atoms in total. The first-order valence-corrected chi connectivity index (χ1v) is 5.53. The molecule has 4 N–H and O–H groups in total. The molecule has 0 heterocycles. The van der Waals surface area contributed by atoms with Crippen LogP contribution in [0, 0.1) is 0 Å². The van der Waals surface area contributed by atoms with Gasteiger partial charge in [-0.15, -0.1) is 0 Å². The highest BCUT2D eigenvalue weighted by Gasteiger charge is 2.12. The first-order valence-electron chi connectivity index (χ1n) is 5.53. The van der Waals surface area contributed by atoms with Crippen molar-refractivity contribution in [1.29, 1.82) is 0 Å². The largest absolute Gasteiger partial charge is 0.358 e. The van der Waals surface area contributed by atoms with Crippen molar-refractivity contribution in [3.63, 3.8) is 0 Å². The van der Waals surface area contributed by atoms with Crippen LogP contribution in [0.25, 0.3) is 0 Å². The van der Waals surface area contributed by atoms with Crippen molar-refractivity contribution in [2.24, 2.45) is 5.73 Å². The van der Waals surface area contributed by atoms with Gasteiger partial charge in [-0.1, -0.05) is 6.92 Å². The van der Waals surface area contributed by atoms with Gasteiger partial charge in [0.1, 0.15) is 0 Å². The van der Waals surface area contributed by atoms with Gasteiger partial charge in [0.15, 0.2) is 0 Å². The zero-order chi connectivity index (χ0) is 12.4. The molecule has 0 saturated heterocycles. The van der Waals surface area contributed by atoms with Crippen LogP contribution in [0.1, 0.15) is 13.3 Å². The third-order valence-electron chi connectivity index (χ3n) is 2.02. The molecule has 0 aliphatic carbocycles. The Hall–Kier alpha value is -1.14. The van der Waals surface area contributed by atoms with E-state index in [1.54, 1.807) is 7.05 Å². The Balaban J connectivity index is 4.00. The predicted molar refractivity (Wildman–Crippen MR) is 62.9 cm³/mol. The lowest BCUT2D eigenvalue weighted by Crippen LogP contribution is -2.43. The zero-order valence-corrected chi connectivity index (χ0v) is 10.1. The molecule has 0 aliphatic rings. The standard InChI is InChI=1S/C10H22N4O2/c1-3-6-14(7-9(15)12-2)8-10(16)13-5-4-11/h3-8,11H2,1-2H3,(H,12,15)(H,13,16). The number of nitrogens with zero attached hydrogens (tertiary/aromatic N) is 1. The molecule has 0 aliphatic heterocycles. The molecule has 6 heteroatoms. The Kier molecular flexibility index (Phi) is 8.46. The minimum atomic E-state index is -0.0946. The number of rotatable bonds is 8. The second-order valence-corrected chi connectivity index (χ2v) is 3.52. The SMILES string of the molecule is CCCN(CC(=O)NC)CC(=O)NCCN. The second-order valence-electron chi connectivity index (χ2n) is 3.52. The van der Waals surface area contributed by atoms with Crippen molar-refractivity contribution in [1.82, 2.24) is 15.5 Å². The average Bonchev–Trinajstić information content (AvgIpc) is 2.26. The van der Waals surface area contributed by atoms with Gasteiger partial charge in [-0.3, -0.25) is 14.5 Å². The lowest BCUT2D eigenvalue weighted by atomic mass is 10.3. The third kappa shape index (κ3) is 7.19. The van der Waals surface area contributed by atoms with Crippen LogP contribution in [0.4, 0.5) is 0 Å². The quantitative estimate of drug-likeness (QED) is 0.474. The summed E-state index contributed by atoms with van der Waals surface area (Å²) in [6.45, 7) is 4.12. The van der Waals surface area contributed by atoms with Crippen molar-refractivity contribution < 1.29 is 9.59 Å². The molecule has 0 aromatic heterocycles. The molecule has 94 valence electrons. The number of hydrogen-bond donors (Lipinski definition) is 3. The molecule has 2 amide bonds. The van der Waals surface area contributed by atoms with E-state index in [2.05, 4.69) is 10.6 Å². The van der Waals surface area contributed by atoms with Crippen LogP contribution in [-0.4, -0.2) is 56.5 Å². The van der Waals surface area contributed by atoms with Crippen molar-refractivity contribution in [2.75, 3.05) is 39.8 Å². The Labute approximate surface area is 96.5 Å². The molecule has 0 saturated carbocycles.